The van der Waals surface area contributed by atoms with E-state index >= 15 is 0 Å². The standard InChI is InChI=1S/C18H24N4O/c1-11(2)10-19-17-9-16(20-14(5)21-17)18(23)22-15-8-12(3)6-7-13(15)4/h6-9,11H,10H2,1-5H3,(H,22,23)(H,19,20,21). The number of hydrogen-bond donors (Lipinski definition) is 2. The Labute approximate surface area is 137 Å². The second-order valence-corrected chi connectivity index (χ2v) is 6.23. The number of rotatable bonds is 5. The molecule has 0 aliphatic heterocycles. The van der Waals surface area contributed by atoms with E-state index in [4.69, 9.17) is 0 Å². The Morgan fingerprint density at radius 3 is 2.57 bits per heavy atom. The van der Waals surface area contributed by atoms with Crippen molar-refractivity contribution in [3.05, 3.63) is 46.9 Å². The zero-order valence-electron chi connectivity index (χ0n) is 14.4. The molecule has 0 fully saturated rings. The molecule has 0 saturated carbocycles. The van der Waals surface area contributed by atoms with Gasteiger partial charge in [0, 0.05) is 18.3 Å². The van der Waals surface area contributed by atoms with Gasteiger partial charge in [-0.3, -0.25) is 4.79 Å². The van der Waals surface area contributed by atoms with Crippen LogP contribution in [-0.2, 0) is 0 Å². The molecule has 0 bridgehead atoms. The molecular weight excluding hydrogens is 288 g/mol. The third kappa shape index (κ3) is 4.77. The van der Waals surface area contributed by atoms with E-state index < -0.39 is 0 Å². The zero-order valence-corrected chi connectivity index (χ0v) is 14.4. The fourth-order valence-corrected chi connectivity index (χ4v) is 2.14. The van der Waals surface area contributed by atoms with Crippen LogP contribution in [0, 0.1) is 26.7 Å². The molecule has 2 N–H and O–H groups in total. The fraction of sp³-hybridized carbons (Fsp3) is 0.389. The van der Waals surface area contributed by atoms with Gasteiger partial charge in [-0.15, -0.1) is 0 Å². The van der Waals surface area contributed by atoms with Gasteiger partial charge in [-0.25, -0.2) is 9.97 Å². The maximum atomic E-state index is 12.5. The molecule has 0 radical (unpaired) electrons. The first-order chi connectivity index (χ1) is 10.8. The molecule has 0 spiro atoms. The summed E-state index contributed by atoms with van der Waals surface area (Å²) in [5.74, 6) is 1.52. The van der Waals surface area contributed by atoms with Crippen LogP contribution in [0.5, 0.6) is 0 Å². The van der Waals surface area contributed by atoms with Crippen molar-refractivity contribution in [3.63, 3.8) is 0 Å². The predicted molar refractivity (Wildman–Crippen MR) is 94.0 cm³/mol. The summed E-state index contributed by atoms with van der Waals surface area (Å²) in [5, 5.41) is 6.16. The average molecular weight is 312 g/mol. The van der Waals surface area contributed by atoms with E-state index in [1.807, 2.05) is 32.0 Å². The van der Waals surface area contributed by atoms with E-state index in [2.05, 4.69) is 34.4 Å². The van der Waals surface area contributed by atoms with Crippen molar-refractivity contribution in [2.24, 2.45) is 5.92 Å². The number of aromatic nitrogens is 2. The number of anilines is 2. The van der Waals surface area contributed by atoms with Crippen LogP contribution >= 0.6 is 0 Å². The number of carbonyl (C=O) groups is 1. The number of amides is 1. The van der Waals surface area contributed by atoms with Crippen LogP contribution in [0.4, 0.5) is 11.5 Å². The number of benzene rings is 1. The highest BCUT2D eigenvalue weighted by molar-refractivity contribution is 6.03. The van der Waals surface area contributed by atoms with Crippen LogP contribution in [-0.4, -0.2) is 22.4 Å². The number of nitrogens with one attached hydrogen (secondary N) is 2. The van der Waals surface area contributed by atoms with Gasteiger partial charge >= 0.3 is 0 Å². The van der Waals surface area contributed by atoms with Gasteiger partial charge in [-0.2, -0.15) is 0 Å². The molecule has 1 aromatic carbocycles. The largest absolute Gasteiger partial charge is 0.370 e. The van der Waals surface area contributed by atoms with Crippen molar-refractivity contribution >= 4 is 17.4 Å². The highest BCUT2D eigenvalue weighted by atomic mass is 16.1. The van der Waals surface area contributed by atoms with Crippen molar-refractivity contribution in [3.8, 4) is 0 Å². The van der Waals surface area contributed by atoms with E-state index in [1.54, 1.807) is 13.0 Å². The predicted octanol–water partition coefficient (Wildman–Crippen LogP) is 3.72. The van der Waals surface area contributed by atoms with E-state index in [9.17, 15) is 4.79 Å². The summed E-state index contributed by atoms with van der Waals surface area (Å²) < 4.78 is 0. The Bertz CT molecular complexity index is 710. The summed E-state index contributed by atoms with van der Waals surface area (Å²) >= 11 is 0. The summed E-state index contributed by atoms with van der Waals surface area (Å²) in [6, 6.07) is 7.66. The van der Waals surface area contributed by atoms with Crippen LogP contribution in [0.3, 0.4) is 0 Å². The van der Waals surface area contributed by atoms with Crippen LogP contribution in [0.1, 0.15) is 41.3 Å². The number of carbonyl (C=O) groups excluding carboxylic acids is 1. The first kappa shape index (κ1) is 16.9. The lowest BCUT2D eigenvalue weighted by Crippen LogP contribution is -2.17. The molecule has 1 heterocycles. The molecule has 2 rings (SSSR count). The molecule has 122 valence electrons. The Morgan fingerprint density at radius 2 is 1.87 bits per heavy atom. The molecule has 0 aliphatic carbocycles. The second kappa shape index (κ2) is 7.22. The van der Waals surface area contributed by atoms with Crippen LogP contribution in [0.15, 0.2) is 24.3 Å². The van der Waals surface area contributed by atoms with E-state index in [1.165, 1.54) is 0 Å². The molecule has 1 amide bonds. The van der Waals surface area contributed by atoms with Crippen molar-refractivity contribution in [1.29, 1.82) is 0 Å². The van der Waals surface area contributed by atoms with Crippen molar-refractivity contribution in [2.75, 3.05) is 17.2 Å². The first-order valence-corrected chi connectivity index (χ1v) is 7.83. The normalized spacial score (nSPS) is 10.7. The van der Waals surface area contributed by atoms with Gasteiger partial charge in [-0.1, -0.05) is 26.0 Å². The van der Waals surface area contributed by atoms with Crippen molar-refractivity contribution in [2.45, 2.75) is 34.6 Å². The number of hydrogen-bond acceptors (Lipinski definition) is 4. The van der Waals surface area contributed by atoms with E-state index in [-0.39, 0.29) is 5.91 Å². The minimum atomic E-state index is -0.225. The maximum absolute atomic E-state index is 12.5. The monoisotopic (exact) mass is 312 g/mol. The first-order valence-electron chi connectivity index (χ1n) is 7.83. The Morgan fingerprint density at radius 1 is 1.13 bits per heavy atom. The molecule has 2 aromatic rings. The topological polar surface area (TPSA) is 66.9 Å². The molecule has 1 aromatic heterocycles. The maximum Gasteiger partial charge on any atom is 0.274 e. The number of aryl methyl sites for hydroxylation is 3. The quantitative estimate of drug-likeness (QED) is 0.883. The Balaban J connectivity index is 2.20. The van der Waals surface area contributed by atoms with Crippen LogP contribution in [0.2, 0.25) is 0 Å². The zero-order chi connectivity index (χ0) is 17.0. The van der Waals surface area contributed by atoms with Gasteiger partial charge in [0.1, 0.15) is 17.3 Å². The minimum Gasteiger partial charge on any atom is -0.370 e. The van der Waals surface area contributed by atoms with Gasteiger partial charge in [0.15, 0.2) is 0 Å². The van der Waals surface area contributed by atoms with E-state index in [0.717, 1.165) is 23.4 Å². The highest BCUT2D eigenvalue weighted by Crippen LogP contribution is 2.17. The number of nitrogens with zero attached hydrogens (tertiary/aromatic N) is 2. The van der Waals surface area contributed by atoms with Crippen LogP contribution in [0.25, 0.3) is 0 Å². The summed E-state index contributed by atoms with van der Waals surface area (Å²) in [6.45, 7) is 10.8. The third-order valence-electron chi connectivity index (χ3n) is 3.40. The molecular formula is C18H24N4O. The molecule has 0 atom stereocenters. The smallest absolute Gasteiger partial charge is 0.274 e. The Hall–Kier alpha value is -2.43. The molecule has 0 unspecified atom stereocenters. The Kier molecular flexibility index (Phi) is 5.32. The second-order valence-electron chi connectivity index (χ2n) is 6.23. The molecule has 23 heavy (non-hydrogen) atoms. The molecule has 5 heteroatoms. The molecule has 0 aliphatic rings. The van der Waals surface area contributed by atoms with Crippen molar-refractivity contribution in [1.82, 2.24) is 9.97 Å². The van der Waals surface area contributed by atoms with Gasteiger partial charge in [0.25, 0.3) is 5.91 Å². The van der Waals surface area contributed by atoms with E-state index in [0.29, 0.717) is 23.3 Å². The minimum absolute atomic E-state index is 0.225. The summed E-state index contributed by atoms with van der Waals surface area (Å²) in [5.41, 5.74) is 3.30. The fourth-order valence-electron chi connectivity index (χ4n) is 2.14. The lowest BCUT2D eigenvalue weighted by molar-refractivity contribution is 0.102. The lowest BCUT2D eigenvalue weighted by atomic mass is 10.1. The molecule has 5 nitrogen and oxygen atoms in total. The van der Waals surface area contributed by atoms with Gasteiger partial charge in [0.05, 0.1) is 0 Å². The summed E-state index contributed by atoms with van der Waals surface area (Å²) in [6.07, 6.45) is 0. The summed E-state index contributed by atoms with van der Waals surface area (Å²) in [4.78, 5) is 21.1. The van der Waals surface area contributed by atoms with Crippen molar-refractivity contribution < 1.29 is 4.79 Å². The summed E-state index contributed by atoms with van der Waals surface area (Å²) in [7, 11) is 0. The van der Waals surface area contributed by atoms with Gasteiger partial charge in [0.2, 0.25) is 0 Å². The average Bonchev–Trinajstić information content (AvgIpc) is 2.48. The molecule has 0 saturated heterocycles. The van der Waals surface area contributed by atoms with Gasteiger partial charge < -0.3 is 10.6 Å². The third-order valence-corrected chi connectivity index (χ3v) is 3.40. The lowest BCUT2D eigenvalue weighted by Gasteiger charge is -2.12. The SMILES string of the molecule is Cc1ccc(C)c(NC(=O)c2cc(NCC(C)C)nc(C)n2)c1. The van der Waals surface area contributed by atoms with Gasteiger partial charge in [-0.05, 0) is 43.9 Å². The van der Waals surface area contributed by atoms with Crippen LogP contribution < -0.4 is 10.6 Å². The highest BCUT2D eigenvalue weighted by Gasteiger charge is 2.12.